The summed E-state index contributed by atoms with van der Waals surface area (Å²) in [6, 6.07) is 0.365. The second-order valence-electron chi connectivity index (χ2n) is 3.68. The zero-order chi connectivity index (χ0) is 11.7. The van der Waals surface area contributed by atoms with Gasteiger partial charge in [0.2, 0.25) is 5.95 Å². The summed E-state index contributed by atoms with van der Waals surface area (Å²) < 4.78 is 0. The largest absolute Gasteiger partial charge is 0.481 e. The molecule has 0 atom stereocenters. The molecule has 1 aromatic heterocycles. The van der Waals surface area contributed by atoms with E-state index in [1.807, 2.05) is 0 Å². The van der Waals surface area contributed by atoms with Gasteiger partial charge in [-0.15, -0.1) is 0 Å². The maximum Gasteiger partial charge on any atom is 0.309 e. The van der Waals surface area contributed by atoms with Crippen molar-refractivity contribution in [1.29, 1.82) is 0 Å². The first-order chi connectivity index (χ1) is 7.56. The first-order valence-corrected chi connectivity index (χ1v) is 5.24. The van der Waals surface area contributed by atoms with Gasteiger partial charge in [-0.1, -0.05) is 11.6 Å². The second-order valence-corrected chi connectivity index (χ2v) is 4.06. The fraction of sp³-hybridized carbons (Fsp3) is 0.444. The van der Waals surface area contributed by atoms with Gasteiger partial charge in [0.15, 0.2) is 5.82 Å². The van der Waals surface area contributed by atoms with Crippen molar-refractivity contribution in [2.45, 2.75) is 25.3 Å². The van der Waals surface area contributed by atoms with Crippen LogP contribution in [-0.2, 0) is 11.2 Å². The van der Waals surface area contributed by atoms with Gasteiger partial charge in [0.1, 0.15) is 5.02 Å². The molecule has 0 amide bonds. The molecule has 1 saturated carbocycles. The molecule has 0 aromatic carbocycles. The predicted molar refractivity (Wildman–Crippen MR) is 59.4 cm³/mol. The van der Waals surface area contributed by atoms with Gasteiger partial charge < -0.3 is 16.2 Å². The van der Waals surface area contributed by atoms with Crippen LogP contribution in [0.25, 0.3) is 0 Å². The number of aliphatic carboxylic acids is 1. The minimum atomic E-state index is -1.00. The molecular weight excluding hydrogens is 232 g/mol. The van der Waals surface area contributed by atoms with Gasteiger partial charge in [0.25, 0.3) is 0 Å². The van der Waals surface area contributed by atoms with Crippen molar-refractivity contribution in [2.24, 2.45) is 0 Å². The number of halogens is 1. The van der Waals surface area contributed by atoms with E-state index in [0.717, 1.165) is 12.8 Å². The molecule has 1 aliphatic carbocycles. The number of nitrogen functional groups attached to an aromatic ring is 1. The van der Waals surface area contributed by atoms with Crippen LogP contribution in [0.1, 0.15) is 18.5 Å². The van der Waals surface area contributed by atoms with Gasteiger partial charge in [-0.2, -0.15) is 4.98 Å². The van der Waals surface area contributed by atoms with Crippen LogP contribution in [0.2, 0.25) is 5.02 Å². The van der Waals surface area contributed by atoms with Crippen molar-refractivity contribution >= 4 is 29.3 Å². The van der Waals surface area contributed by atoms with Crippen molar-refractivity contribution in [3.05, 3.63) is 10.7 Å². The molecule has 0 unspecified atom stereocenters. The highest BCUT2D eigenvalue weighted by Crippen LogP contribution is 2.30. The topological polar surface area (TPSA) is 101 Å². The predicted octanol–water partition coefficient (Wildman–Crippen LogP) is 0.914. The number of aromatic nitrogens is 2. The second kappa shape index (κ2) is 4.13. The van der Waals surface area contributed by atoms with E-state index in [0.29, 0.717) is 11.9 Å². The minimum absolute atomic E-state index is 0.0313. The van der Waals surface area contributed by atoms with Crippen molar-refractivity contribution < 1.29 is 9.90 Å². The van der Waals surface area contributed by atoms with Crippen LogP contribution in [0.5, 0.6) is 0 Å². The van der Waals surface area contributed by atoms with E-state index in [1.165, 1.54) is 0 Å². The maximum absolute atomic E-state index is 10.6. The summed E-state index contributed by atoms with van der Waals surface area (Å²) in [7, 11) is 0. The minimum Gasteiger partial charge on any atom is -0.481 e. The highest BCUT2D eigenvalue weighted by molar-refractivity contribution is 6.33. The van der Waals surface area contributed by atoms with E-state index < -0.39 is 5.97 Å². The van der Waals surface area contributed by atoms with E-state index in [9.17, 15) is 4.79 Å². The molecule has 6 nitrogen and oxygen atoms in total. The molecule has 1 heterocycles. The molecule has 7 heteroatoms. The molecule has 1 aliphatic rings. The Morgan fingerprint density at radius 2 is 2.25 bits per heavy atom. The molecule has 0 saturated heterocycles. The molecular formula is C9H11ClN4O2. The summed E-state index contributed by atoms with van der Waals surface area (Å²) >= 11 is 5.99. The summed E-state index contributed by atoms with van der Waals surface area (Å²) in [5.41, 5.74) is 5.73. The van der Waals surface area contributed by atoms with E-state index in [1.54, 1.807) is 0 Å². The quantitative estimate of drug-likeness (QED) is 0.726. The van der Waals surface area contributed by atoms with E-state index in [2.05, 4.69) is 15.3 Å². The average molecular weight is 243 g/mol. The number of hydrogen-bond acceptors (Lipinski definition) is 5. The molecule has 16 heavy (non-hydrogen) atoms. The van der Waals surface area contributed by atoms with Gasteiger partial charge >= 0.3 is 5.97 Å². The number of carboxylic acids is 1. The Morgan fingerprint density at radius 3 is 2.81 bits per heavy atom. The number of nitrogens with two attached hydrogens (primary N) is 1. The highest BCUT2D eigenvalue weighted by atomic mass is 35.5. The number of anilines is 2. The third kappa shape index (κ3) is 2.52. The van der Waals surface area contributed by atoms with Gasteiger partial charge in [-0.05, 0) is 12.8 Å². The molecule has 0 spiro atoms. The lowest BCUT2D eigenvalue weighted by Gasteiger charge is -2.09. The lowest BCUT2D eigenvalue weighted by atomic mass is 10.3. The standard InChI is InChI=1S/C9H11ClN4O2/c10-7-5(3-6(15)16)13-9(11)14-8(7)12-4-1-2-4/h4H,1-3H2,(H,15,16)(H3,11,12,13,14). The van der Waals surface area contributed by atoms with Crippen molar-refractivity contribution in [3.8, 4) is 0 Å². The average Bonchev–Trinajstić information content (AvgIpc) is 2.96. The Labute approximate surface area is 96.8 Å². The van der Waals surface area contributed by atoms with Crippen LogP contribution in [-0.4, -0.2) is 27.1 Å². The van der Waals surface area contributed by atoms with Crippen molar-refractivity contribution in [2.75, 3.05) is 11.1 Å². The van der Waals surface area contributed by atoms with Crippen LogP contribution in [0.3, 0.4) is 0 Å². The number of hydrogen-bond donors (Lipinski definition) is 3. The molecule has 4 N–H and O–H groups in total. The zero-order valence-electron chi connectivity index (χ0n) is 8.40. The van der Waals surface area contributed by atoms with Crippen LogP contribution >= 0.6 is 11.6 Å². The number of carboxylic acid groups (broad SMARTS) is 1. The normalized spacial score (nSPS) is 14.8. The molecule has 0 bridgehead atoms. The molecule has 0 aliphatic heterocycles. The van der Waals surface area contributed by atoms with Gasteiger partial charge in [0, 0.05) is 6.04 Å². The van der Waals surface area contributed by atoms with Crippen LogP contribution in [0, 0.1) is 0 Å². The summed E-state index contributed by atoms with van der Waals surface area (Å²) in [6.07, 6.45) is 1.87. The smallest absolute Gasteiger partial charge is 0.309 e. The zero-order valence-corrected chi connectivity index (χ0v) is 9.16. The van der Waals surface area contributed by atoms with Gasteiger partial charge in [-0.25, -0.2) is 4.98 Å². The SMILES string of the molecule is Nc1nc(CC(=O)O)c(Cl)c(NC2CC2)n1. The number of rotatable bonds is 4. The Bertz CT molecular complexity index is 434. The number of nitrogens with one attached hydrogen (secondary N) is 1. The lowest BCUT2D eigenvalue weighted by molar-refractivity contribution is -0.136. The van der Waals surface area contributed by atoms with Gasteiger partial charge in [0.05, 0.1) is 12.1 Å². The third-order valence-corrected chi connectivity index (χ3v) is 2.57. The molecule has 1 fully saturated rings. The maximum atomic E-state index is 10.6. The van der Waals surface area contributed by atoms with E-state index in [4.69, 9.17) is 22.4 Å². The molecule has 0 radical (unpaired) electrons. The van der Waals surface area contributed by atoms with E-state index in [-0.39, 0.29) is 23.1 Å². The Kier molecular flexibility index (Phi) is 2.82. The van der Waals surface area contributed by atoms with Crippen LogP contribution in [0.15, 0.2) is 0 Å². The summed E-state index contributed by atoms with van der Waals surface area (Å²) in [4.78, 5) is 18.4. The highest BCUT2D eigenvalue weighted by Gasteiger charge is 2.24. The van der Waals surface area contributed by atoms with Gasteiger partial charge in [-0.3, -0.25) is 4.79 Å². The lowest BCUT2D eigenvalue weighted by Crippen LogP contribution is -2.11. The number of nitrogens with zero attached hydrogens (tertiary/aromatic N) is 2. The summed E-state index contributed by atoms with van der Waals surface area (Å²) in [5, 5.41) is 12.0. The third-order valence-electron chi connectivity index (χ3n) is 2.17. The molecule has 2 rings (SSSR count). The molecule has 1 aromatic rings. The Balaban J connectivity index is 2.28. The van der Waals surface area contributed by atoms with E-state index >= 15 is 0 Å². The van der Waals surface area contributed by atoms with Crippen LogP contribution in [0.4, 0.5) is 11.8 Å². The first kappa shape index (κ1) is 10.9. The summed E-state index contributed by atoms with van der Waals surface area (Å²) in [5.74, 6) is -0.547. The fourth-order valence-electron chi connectivity index (χ4n) is 1.29. The monoisotopic (exact) mass is 242 g/mol. The first-order valence-electron chi connectivity index (χ1n) is 4.86. The van der Waals surface area contributed by atoms with Crippen LogP contribution < -0.4 is 11.1 Å². The fourth-order valence-corrected chi connectivity index (χ4v) is 1.50. The summed E-state index contributed by atoms with van der Waals surface area (Å²) in [6.45, 7) is 0. The molecule has 86 valence electrons. The van der Waals surface area contributed by atoms with Crippen molar-refractivity contribution in [3.63, 3.8) is 0 Å². The Morgan fingerprint density at radius 1 is 1.56 bits per heavy atom. The number of carbonyl (C=O) groups is 1. The van der Waals surface area contributed by atoms with Crippen molar-refractivity contribution in [1.82, 2.24) is 9.97 Å². The Hall–Kier alpha value is -1.56.